The van der Waals surface area contributed by atoms with Crippen LogP contribution in [0.4, 0.5) is 0 Å². The van der Waals surface area contributed by atoms with E-state index in [0.717, 1.165) is 5.56 Å². The van der Waals surface area contributed by atoms with E-state index in [-0.39, 0.29) is 36.4 Å². The van der Waals surface area contributed by atoms with E-state index in [4.69, 9.17) is 4.74 Å². The van der Waals surface area contributed by atoms with Gasteiger partial charge in [-0.2, -0.15) is 0 Å². The number of fused-ring (bicyclic) bond motifs is 1. The molecule has 29 heavy (non-hydrogen) atoms. The number of carbonyl (C=O) groups excluding carboxylic acids is 3. The lowest BCUT2D eigenvalue weighted by atomic mass is 9.93. The van der Waals surface area contributed by atoms with E-state index in [1.54, 1.807) is 11.8 Å². The van der Waals surface area contributed by atoms with Crippen molar-refractivity contribution in [1.82, 2.24) is 19.8 Å². The van der Waals surface area contributed by atoms with Gasteiger partial charge in [0.15, 0.2) is 0 Å². The van der Waals surface area contributed by atoms with E-state index in [2.05, 4.69) is 9.97 Å². The van der Waals surface area contributed by atoms with Crippen LogP contribution in [0.3, 0.4) is 0 Å². The quantitative estimate of drug-likeness (QED) is 0.730. The van der Waals surface area contributed by atoms with Gasteiger partial charge >= 0.3 is 5.97 Å². The molecule has 0 bridgehead atoms. The molecule has 1 aromatic carbocycles. The number of nitrogens with zero attached hydrogens (tertiary/aromatic N) is 4. The standard InChI is InChI=1S/C21H22N4O4/c1-13-17(9-22-12-23-13)20(27)24-10-15-8-16(21(28)29-2)19(25(15)18(26)11-24)14-6-4-3-5-7-14/h3-7,9,12,15-16,19H,8,10-11H2,1-2H3/t15-,16-,19-/m0/s1. The average molecular weight is 394 g/mol. The highest BCUT2D eigenvalue weighted by Gasteiger charge is 2.51. The first-order valence-corrected chi connectivity index (χ1v) is 9.51. The second-order valence-corrected chi connectivity index (χ2v) is 7.38. The molecule has 3 atom stereocenters. The third-order valence-corrected chi connectivity index (χ3v) is 5.72. The molecule has 2 saturated heterocycles. The zero-order chi connectivity index (χ0) is 20.5. The molecule has 150 valence electrons. The molecule has 0 N–H and O–H groups in total. The van der Waals surface area contributed by atoms with Crippen LogP contribution < -0.4 is 0 Å². The molecule has 8 heteroatoms. The highest BCUT2D eigenvalue weighted by Crippen LogP contribution is 2.43. The van der Waals surface area contributed by atoms with Gasteiger partial charge in [-0.15, -0.1) is 0 Å². The summed E-state index contributed by atoms with van der Waals surface area (Å²) in [6.07, 6.45) is 3.31. The topological polar surface area (TPSA) is 92.7 Å². The molecule has 0 saturated carbocycles. The van der Waals surface area contributed by atoms with Gasteiger partial charge in [-0.25, -0.2) is 9.97 Å². The molecule has 0 radical (unpaired) electrons. The first-order valence-electron chi connectivity index (χ1n) is 9.51. The molecule has 8 nitrogen and oxygen atoms in total. The summed E-state index contributed by atoms with van der Waals surface area (Å²) in [6.45, 7) is 2.05. The van der Waals surface area contributed by atoms with Gasteiger partial charge in [-0.1, -0.05) is 30.3 Å². The molecule has 2 amide bonds. The van der Waals surface area contributed by atoms with E-state index in [0.29, 0.717) is 24.2 Å². The summed E-state index contributed by atoms with van der Waals surface area (Å²) in [4.78, 5) is 49.8. The van der Waals surface area contributed by atoms with Crippen molar-refractivity contribution >= 4 is 17.8 Å². The Morgan fingerprint density at radius 3 is 2.66 bits per heavy atom. The highest BCUT2D eigenvalue weighted by atomic mass is 16.5. The fourth-order valence-electron chi connectivity index (χ4n) is 4.39. The lowest BCUT2D eigenvalue weighted by molar-refractivity contribution is -0.147. The molecule has 3 heterocycles. The normalized spacial score (nSPS) is 23.7. The Morgan fingerprint density at radius 2 is 1.97 bits per heavy atom. The minimum atomic E-state index is -0.465. The Hall–Kier alpha value is -3.29. The first kappa shape index (κ1) is 19.0. The lowest BCUT2D eigenvalue weighted by Gasteiger charge is -2.40. The summed E-state index contributed by atoms with van der Waals surface area (Å²) in [5.41, 5.74) is 1.85. The number of aromatic nitrogens is 2. The van der Waals surface area contributed by atoms with Gasteiger partial charge in [0.1, 0.15) is 12.9 Å². The zero-order valence-corrected chi connectivity index (χ0v) is 16.3. The fourth-order valence-corrected chi connectivity index (χ4v) is 4.39. The van der Waals surface area contributed by atoms with Gasteiger partial charge in [0.05, 0.1) is 36.4 Å². The van der Waals surface area contributed by atoms with Gasteiger partial charge in [-0.3, -0.25) is 14.4 Å². The number of aryl methyl sites for hydroxylation is 1. The van der Waals surface area contributed by atoms with Crippen LogP contribution in [0.1, 0.15) is 34.1 Å². The number of amides is 2. The van der Waals surface area contributed by atoms with Crippen LogP contribution in [-0.4, -0.2) is 63.8 Å². The predicted molar refractivity (Wildman–Crippen MR) is 103 cm³/mol. The number of esters is 1. The van der Waals surface area contributed by atoms with E-state index < -0.39 is 5.92 Å². The van der Waals surface area contributed by atoms with Crippen LogP contribution in [0.2, 0.25) is 0 Å². The fraction of sp³-hybridized carbons (Fsp3) is 0.381. The molecule has 0 unspecified atom stereocenters. The van der Waals surface area contributed by atoms with Crippen molar-refractivity contribution in [3.8, 4) is 0 Å². The minimum absolute atomic E-state index is 0.0408. The summed E-state index contributed by atoms with van der Waals surface area (Å²) in [6, 6.07) is 8.86. The Bertz CT molecular complexity index is 949. The number of hydrogen-bond donors (Lipinski definition) is 0. The second-order valence-electron chi connectivity index (χ2n) is 7.38. The zero-order valence-electron chi connectivity index (χ0n) is 16.3. The molecule has 2 aliphatic rings. The maximum atomic E-state index is 13.1. The first-order chi connectivity index (χ1) is 14.0. The second kappa shape index (κ2) is 7.62. The van der Waals surface area contributed by atoms with E-state index in [9.17, 15) is 14.4 Å². The van der Waals surface area contributed by atoms with Gasteiger partial charge in [0, 0.05) is 12.7 Å². The predicted octanol–water partition coefficient (Wildman–Crippen LogP) is 1.37. The van der Waals surface area contributed by atoms with Crippen molar-refractivity contribution in [3.05, 3.63) is 59.7 Å². The maximum absolute atomic E-state index is 13.1. The van der Waals surface area contributed by atoms with Crippen molar-refractivity contribution in [2.45, 2.75) is 25.4 Å². The summed E-state index contributed by atoms with van der Waals surface area (Å²) >= 11 is 0. The number of benzene rings is 1. The third kappa shape index (κ3) is 3.35. The summed E-state index contributed by atoms with van der Waals surface area (Å²) < 4.78 is 5.01. The number of hydrogen-bond acceptors (Lipinski definition) is 6. The smallest absolute Gasteiger partial charge is 0.311 e. The van der Waals surface area contributed by atoms with Crippen molar-refractivity contribution in [2.24, 2.45) is 5.92 Å². The SMILES string of the molecule is COC(=O)[C@H]1C[C@H]2CN(C(=O)c3cncnc3C)CC(=O)N2[C@H]1c1ccccc1. The third-order valence-electron chi connectivity index (χ3n) is 5.72. The monoisotopic (exact) mass is 394 g/mol. The number of ether oxygens (including phenoxy) is 1. The van der Waals surface area contributed by atoms with Gasteiger partial charge in [-0.05, 0) is 18.9 Å². The Balaban J connectivity index is 1.64. The molecular weight excluding hydrogens is 372 g/mol. The largest absolute Gasteiger partial charge is 0.469 e. The molecule has 4 rings (SSSR count). The van der Waals surface area contributed by atoms with Crippen molar-refractivity contribution in [3.63, 3.8) is 0 Å². The van der Waals surface area contributed by atoms with Gasteiger partial charge in [0.2, 0.25) is 5.91 Å². The number of piperazine rings is 1. The van der Waals surface area contributed by atoms with Gasteiger partial charge < -0.3 is 14.5 Å². The van der Waals surface area contributed by atoms with Crippen molar-refractivity contribution < 1.29 is 19.1 Å². The van der Waals surface area contributed by atoms with Gasteiger partial charge in [0.25, 0.3) is 5.91 Å². The Morgan fingerprint density at radius 1 is 1.21 bits per heavy atom. The van der Waals surface area contributed by atoms with Crippen LogP contribution in [0.5, 0.6) is 0 Å². The summed E-state index contributed by atoms with van der Waals surface area (Å²) in [5.74, 6) is -1.25. The van der Waals surface area contributed by atoms with Crippen LogP contribution in [-0.2, 0) is 14.3 Å². The average Bonchev–Trinajstić information content (AvgIpc) is 3.14. The van der Waals surface area contributed by atoms with E-state index >= 15 is 0 Å². The molecule has 2 fully saturated rings. The molecule has 2 aromatic rings. The molecule has 2 aliphatic heterocycles. The van der Waals surface area contributed by atoms with E-state index in [1.807, 2.05) is 30.3 Å². The molecule has 1 aromatic heterocycles. The minimum Gasteiger partial charge on any atom is -0.469 e. The Kier molecular flexibility index (Phi) is 5.00. The number of rotatable bonds is 3. The van der Waals surface area contributed by atoms with Crippen LogP contribution in [0, 0.1) is 12.8 Å². The van der Waals surface area contributed by atoms with Crippen LogP contribution in [0.15, 0.2) is 42.9 Å². The number of carbonyl (C=O) groups is 3. The maximum Gasteiger partial charge on any atom is 0.311 e. The van der Waals surface area contributed by atoms with Crippen LogP contribution >= 0.6 is 0 Å². The molecule has 0 spiro atoms. The van der Waals surface area contributed by atoms with Crippen LogP contribution in [0.25, 0.3) is 0 Å². The lowest BCUT2D eigenvalue weighted by Crippen LogP contribution is -2.56. The molecule has 0 aliphatic carbocycles. The molecular formula is C21H22N4O4. The highest BCUT2D eigenvalue weighted by molar-refractivity contribution is 5.98. The summed E-state index contributed by atoms with van der Waals surface area (Å²) in [7, 11) is 1.36. The Labute approximate surface area is 168 Å². The number of methoxy groups -OCH3 is 1. The van der Waals surface area contributed by atoms with E-state index in [1.165, 1.54) is 24.5 Å². The summed E-state index contributed by atoms with van der Waals surface area (Å²) in [5, 5.41) is 0. The van der Waals surface area contributed by atoms with Crippen molar-refractivity contribution in [1.29, 1.82) is 0 Å². The van der Waals surface area contributed by atoms with Crippen molar-refractivity contribution in [2.75, 3.05) is 20.2 Å².